The first-order valence-electron chi connectivity index (χ1n) is 7.73. The molecule has 3 rings (SSSR count). The van der Waals surface area contributed by atoms with Gasteiger partial charge < -0.3 is 20.1 Å². The zero-order valence-electron chi connectivity index (χ0n) is 13.5. The van der Waals surface area contributed by atoms with Gasteiger partial charge in [0.1, 0.15) is 12.4 Å². The normalized spacial score (nSPS) is 15.5. The Labute approximate surface area is 143 Å². The molecule has 0 saturated heterocycles. The van der Waals surface area contributed by atoms with E-state index < -0.39 is 17.6 Å². The monoisotopic (exact) mass is 344 g/mol. The molecule has 2 aromatic carbocycles. The molecule has 0 unspecified atom stereocenters. The van der Waals surface area contributed by atoms with Crippen LogP contribution in [0.25, 0.3) is 0 Å². The Morgan fingerprint density at radius 1 is 1.20 bits per heavy atom. The summed E-state index contributed by atoms with van der Waals surface area (Å²) in [5, 5.41) is 4.98. The van der Waals surface area contributed by atoms with Crippen molar-refractivity contribution in [2.24, 2.45) is 0 Å². The summed E-state index contributed by atoms with van der Waals surface area (Å²) >= 11 is 0. The molecule has 2 aromatic rings. The van der Waals surface area contributed by atoms with Gasteiger partial charge in [-0.1, -0.05) is 18.2 Å². The average molecular weight is 344 g/mol. The van der Waals surface area contributed by atoms with Crippen LogP contribution in [0.1, 0.15) is 5.56 Å². The fourth-order valence-corrected chi connectivity index (χ4v) is 2.65. The van der Waals surface area contributed by atoms with Crippen molar-refractivity contribution in [3.8, 4) is 11.5 Å². The molecule has 0 aliphatic carbocycles. The molecule has 1 aliphatic heterocycles. The van der Waals surface area contributed by atoms with Gasteiger partial charge in [-0.05, 0) is 30.7 Å². The number of fused-ring (bicyclic) bond motifs is 1. The van der Waals surface area contributed by atoms with Gasteiger partial charge in [0.25, 0.3) is 0 Å². The first-order chi connectivity index (χ1) is 12.1. The molecular weight excluding hydrogens is 327 g/mol. The van der Waals surface area contributed by atoms with Crippen LogP contribution in [-0.2, 0) is 16.0 Å². The third kappa shape index (κ3) is 3.88. The predicted octanol–water partition coefficient (Wildman–Crippen LogP) is 1.89. The second-order valence-electron chi connectivity index (χ2n) is 5.60. The minimum atomic E-state index is -0.859. The molecule has 2 amide bonds. The molecule has 6 nitrogen and oxygen atoms in total. The maximum Gasteiger partial charge on any atom is 0.313 e. The van der Waals surface area contributed by atoms with Crippen molar-refractivity contribution < 1.29 is 23.5 Å². The molecule has 7 heteroatoms. The van der Waals surface area contributed by atoms with Gasteiger partial charge in [-0.25, -0.2) is 4.39 Å². The second kappa shape index (κ2) is 7.21. The molecule has 25 heavy (non-hydrogen) atoms. The summed E-state index contributed by atoms with van der Waals surface area (Å²) in [5.74, 6) is -0.874. The Morgan fingerprint density at radius 3 is 2.76 bits per heavy atom. The SMILES string of the molecule is COc1cccc2c1OC[C@H](NC(=O)C(=O)Nc1cccc(F)c1)C2. The van der Waals surface area contributed by atoms with Crippen molar-refractivity contribution in [1.29, 1.82) is 0 Å². The number of anilines is 1. The number of nitrogens with one attached hydrogen (secondary N) is 2. The van der Waals surface area contributed by atoms with E-state index in [2.05, 4.69) is 10.6 Å². The molecule has 1 heterocycles. The van der Waals surface area contributed by atoms with E-state index in [4.69, 9.17) is 9.47 Å². The van der Waals surface area contributed by atoms with Crippen LogP contribution in [-0.4, -0.2) is 31.6 Å². The highest BCUT2D eigenvalue weighted by atomic mass is 19.1. The molecule has 0 radical (unpaired) electrons. The highest BCUT2D eigenvalue weighted by Crippen LogP contribution is 2.34. The quantitative estimate of drug-likeness (QED) is 0.834. The van der Waals surface area contributed by atoms with Crippen LogP contribution in [0.2, 0.25) is 0 Å². The zero-order valence-corrected chi connectivity index (χ0v) is 13.5. The van der Waals surface area contributed by atoms with Crippen LogP contribution in [0, 0.1) is 5.82 Å². The standard InChI is InChI=1S/C18H17FN2O4/c1-24-15-7-2-4-11-8-14(10-25-16(11)15)21-18(23)17(22)20-13-6-3-5-12(19)9-13/h2-7,9,14H,8,10H2,1H3,(H,20,22)(H,21,23)/t14-/m1/s1. The van der Waals surface area contributed by atoms with Gasteiger partial charge in [0.2, 0.25) is 0 Å². The van der Waals surface area contributed by atoms with Crippen LogP contribution < -0.4 is 20.1 Å². The lowest BCUT2D eigenvalue weighted by Crippen LogP contribution is -2.47. The minimum absolute atomic E-state index is 0.218. The van der Waals surface area contributed by atoms with Crippen LogP contribution in [0.15, 0.2) is 42.5 Å². The molecule has 0 bridgehead atoms. The van der Waals surface area contributed by atoms with Gasteiger partial charge in [-0.15, -0.1) is 0 Å². The van der Waals surface area contributed by atoms with E-state index in [1.54, 1.807) is 13.2 Å². The van der Waals surface area contributed by atoms with Crippen LogP contribution in [0.5, 0.6) is 11.5 Å². The fraction of sp³-hybridized carbons (Fsp3) is 0.222. The smallest absolute Gasteiger partial charge is 0.313 e. The molecule has 0 saturated carbocycles. The average Bonchev–Trinajstić information content (AvgIpc) is 2.61. The van der Waals surface area contributed by atoms with Gasteiger partial charge in [0, 0.05) is 11.3 Å². The summed E-state index contributed by atoms with van der Waals surface area (Å²) in [5.41, 5.74) is 1.11. The van der Waals surface area contributed by atoms with Crippen LogP contribution in [0.4, 0.5) is 10.1 Å². The second-order valence-corrected chi connectivity index (χ2v) is 5.60. The van der Waals surface area contributed by atoms with Gasteiger partial charge in [-0.2, -0.15) is 0 Å². The highest BCUT2D eigenvalue weighted by Gasteiger charge is 2.26. The number of carbonyl (C=O) groups excluding carboxylic acids is 2. The summed E-state index contributed by atoms with van der Waals surface area (Å²) in [6, 6.07) is 10.5. The molecule has 0 aromatic heterocycles. The molecule has 0 spiro atoms. The summed E-state index contributed by atoms with van der Waals surface area (Å²) in [7, 11) is 1.56. The molecule has 0 fully saturated rings. The number of benzene rings is 2. The molecule has 1 atom stereocenters. The maximum atomic E-state index is 13.1. The first kappa shape index (κ1) is 16.8. The number of rotatable bonds is 3. The van der Waals surface area contributed by atoms with Crippen molar-refractivity contribution in [3.63, 3.8) is 0 Å². The summed E-state index contributed by atoms with van der Waals surface area (Å²) in [4.78, 5) is 24.0. The number of halogens is 1. The van der Waals surface area contributed by atoms with Crippen molar-refractivity contribution in [2.45, 2.75) is 12.5 Å². The Bertz CT molecular complexity index is 809. The van der Waals surface area contributed by atoms with Crippen molar-refractivity contribution in [3.05, 3.63) is 53.8 Å². The van der Waals surface area contributed by atoms with Gasteiger partial charge in [-0.3, -0.25) is 9.59 Å². The lowest BCUT2D eigenvalue weighted by molar-refractivity contribution is -0.136. The number of carbonyl (C=O) groups is 2. The molecule has 1 aliphatic rings. The number of hydrogen-bond acceptors (Lipinski definition) is 4. The molecule has 130 valence electrons. The number of hydrogen-bond donors (Lipinski definition) is 2. The minimum Gasteiger partial charge on any atom is -0.493 e. The lowest BCUT2D eigenvalue weighted by Gasteiger charge is -2.26. The Hall–Kier alpha value is -3.09. The Morgan fingerprint density at radius 2 is 2.00 bits per heavy atom. The summed E-state index contributed by atoms with van der Waals surface area (Å²) in [6.07, 6.45) is 0.519. The third-order valence-electron chi connectivity index (χ3n) is 3.80. The van der Waals surface area contributed by atoms with E-state index in [-0.39, 0.29) is 18.3 Å². The number of ether oxygens (including phenoxy) is 2. The summed E-state index contributed by atoms with van der Waals surface area (Å²) < 4.78 is 24.0. The number of para-hydroxylation sites is 1. The zero-order chi connectivity index (χ0) is 17.8. The predicted molar refractivity (Wildman–Crippen MR) is 89.2 cm³/mol. The fourth-order valence-electron chi connectivity index (χ4n) is 2.65. The Balaban J connectivity index is 1.61. The van der Waals surface area contributed by atoms with Gasteiger partial charge in [0.15, 0.2) is 11.5 Å². The van der Waals surface area contributed by atoms with E-state index >= 15 is 0 Å². The number of amides is 2. The van der Waals surface area contributed by atoms with E-state index in [0.29, 0.717) is 17.9 Å². The van der Waals surface area contributed by atoms with E-state index in [0.717, 1.165) is 11.6 Å². The highest BCUT2D eigenvalue weighted by molar-refractivity contribution is 6.39. The van der Waals surface area contributed by atoms with Crippen LogP contribution in [0.3, 0.4) is 0 Å². The number of methoxy groups -OCH3 is 1. The largest absolute Gasteiger partial charge is 0.493 e. The molecular formula is C18H17FN2O4. The topological polar surface area (TPSA) is 76.7 Å². The van der Waals surface area contributed by atoms with Crippen LogP contribution >= 0.6 is 0 Å². The first-order valence-corrected chi connectivity index (χ1v) is 7.73. The maximum absolute atomic E-state index is 13.1. The Kier molecular flexibility index (Phi) is 4.83. The van der Waals surface area contributed by atoms with Crippen molar-refractivity contribution in [2.75, 3.05) is 19.0 Å². The van der Waals surface area contributed by atoms with E-state index in [1.165, 1.54) is 18.2 Å². The molecule has 2 N–H and O–H groups in total. The lowest BCUT2D eigenvalue weighted by atomic mass is 10.0. The van der Waals surface area contributed by atoms with Gasteiger partial charge >= 0.3 is 11.8 Å². The van der Waals surface area contributed by atoms with E-state index in [9.17, 15) is 14.0 Å². The van der Waals surface area contributed by atoms with Crippen molar-refractivity contribution in [1.82, 2.24) is 5.32 Å². The third-order valence-corrected chi connectivity index (χ3v) is 3.80. The van der Waals surface area contributed by atoms with E-state index in [1.807, 2.05) is 12.1 Å². The van der Waals surface area contributed by atoms with Gasteiger partial charge in [0.05, 0.1) is 13.2 Å². The van der Waals surface area contributed by atoms with Crippen molar-refractivity contribution >= 4 is 17.5 Å². The summed E-state index contributed by atoms with van der Waals surface area (Å²) in [6.45, 7) is 0.229.